The Labute approximate surface area is 107 Å². The van der Waals surface area contributed by atoms with Crippen LogP contribution in [0.3, 0.4) is 0 Å². The van der Waals surface area contributed by atoms with E-state index in [2.05, 4.69) is 15.5 Å². The van der Waals surface area contributed by atoms with Crippen LogP contribution in [0.2, 0.25) is 0 Å². The van der Waals surface area contributed by atoms with Crippen LogP contribution in [0.25, 0.3) is 0 Å². The lowest BCUT2D eigenvalue weighted by Crippen LogP contribution is -2.12. The van der Waals surface area contributed by atoms with Crippen molar-refractivity contribution in [1.82, 2.24) is 10.2 Å². The van der Waals surface area contributed by atoms with Crippen molar-refractivity contribution in [2.75, 3.05) is 11.1 Å². The Hall–Kier alpha value is -1.82. The van der Waals surface area contributed by atoms with Crippen molar-refractivity contribution in [2.45, 2.75) is 5.25 Å². The molecule has 6 heteroatoms. The maximum Gasteiger partial charge on any atom is 0.235 e. The molecule has 2 heterocycles. The van der Waals surface area contributed by atoms with Gasteiger partial charge >= 0.3 is 0 Å². The molecule has 2 aromatic rings. The molecule has 1 aliphatic heterocycles. The van der Waals surface area contributed by atoms with E-state index in [1.54, 1.807) is 18.3 Å². The number of aromatic amines is 1. The molecular formula is C12H10FN3OS. The number of nitrogens with zero attached hydrogens (tertiary/aromatic N) is 1. The van der Waals surface area contributed by atoms with Gasteiger partial charge in [0.15, 0.2) is 0 Å². The van der Waals surface area contributed by atoms with Gasteiger partial charge in [0.2, 0.25) is 5.91 Å². The minimum atomic E-state index is -0.265. The van der Waals surface area contributed by atoms with Gasteiger partial charge in [-0.15, -0.1) is 11.8 Å². The van der Waals surface area contributed by atoms with Crippen LogP contribution >= 0.6 is 11.8 Å². The van der Waals surface area contributed by atoms with E-state index in [0.29, 0.717) is 11.6 Å². The SMILES string of the molecule is O=C1CSC(c2ccc(F)cc2)c2cn[nH]c2N1. The standard InChI is InChI=1S/C12H10FN3OS/c13-8-3-1-7(2-4-8)11-9-5-14-16-12(9)15-10(17)6-18-11/h1-5,11H,6H2,(H2,14,15,16,17). The Morgan fingerprint density at radius 3 is 2.89 bits per heavy atom. The number of hydrogen-bond acceptors (Lipinski definition) is 3. The van der Waals surface area contributed by atoms with Gasteiger partial charge in [-0.1, -0.05) is 12.1 Å². The van der Waals surface area contributed by atoms with Crippen molar-refractivity contribution >= 4 is 23.5 Å². The first-order valence-corrected chi connectivity index (χ1v) is 6.49. The zero-order valence-corrected chi connectivity index (χ0v) is 10.1. The highest BCUT2D eigenvalue weighted by molar-refractivity contribution is 8.00. The highest BCUT2D eigenvalue weighted by Gasteiger charge is 2.25. The molecule has 92 valence electrons. The minimum Gasteiger partial charge on any atom is -0.310 e. The van der Waals surface area contributed by atoms with Gasteiger partial charge in [0.1, 0.15) is 11.6 Å². The van der Waals surface area contributed by atoms with Crippen molar-refractivity contribution < 1.29 is 9.18 Å². The van der Waals surface area contributed by atoms with Crippen LogP contribution in [0.5, 0.6) is 0 Å². The quantitative estimate of drug-likeness (QED) is 0.830. The van der Waals surface area contributed by atoms with Crippen molar-refractivity contribution in [3.8, 4) is 0 Å². The normalized spacial score (nSPS) is 18.9. The highest BCUT2D eigenvalue weighted by atomic mass is 32.2. The molecule has 1 unspecified atom stereocenters. The molecule has 2 N–H and O–H groups in total. The second-order valence-electron chi connectivity index (χ2n) is 3.99. The highest BCUT2D eigenvalue weighted by Crippen LogP contribution is 2.40. The Morgan fingerprint density at radius 2 is 2.11 bits per heavy atom. The summed E-state index contributed by atoms with van der Waals surface area (Å²) < 4.78 is 12.9. The minimum absolute atomic E-state index is 0.0155. The first-order valence-electron chi connectivity index (χ1n) is 5.44. The lowest BCUT2D eigenvalue weighted by Gasteiger charge is -2.13. The van der Waals surface area contributed by atoms with Gasteiger partial charge in [0.25, 0.3) is 0 Å². The Kier molecular flexibility index (Phi) is 2.79. The number of anilines is 1. The largest absolute Gasteiger partial charge is 0.310 e. The fourth-order valence-electron chi connectivity index (χ4n) is 1.93. The number of carbonyl (C=O) groups is 1. The molecule has 0 bridgehead atoms. The van der Waals surface area contributed by atoms with Crippen LogP contribution in [-0.4, -0.2) is 21.9 Å². The molecule has 18 heavy (non-hydrogen) atoms. The van der Waals surface area contributed by atoms with Gasteiger partial charge in [-0.3, -0.25) is 9.89 Å². The summed E-state index contributed by atoms with van der Waals surface area (Å²) in [4.78, 5) is 11.5. The monoisotopic (exact) mass is 263 g/mol. The summed E-state index contributed by atoms with van der Waals surface area (Å²) in [5, 5.41) is 9.46. The van der Waals surface area contributed by atoms with Gasteiger partial charge in [0, 0.05) is 5.56 Å². The van der Waals surface area contributed by atoms with Crippen molar-refractivity contribution in [3.05, 3.63) is 47.4 Å². The first kappa shape index (κ1) is 11.3. The molecule has 1 aliphatic rings. The number of hydrogen-bond donors (Lipinski definition) is 2. The maximum atomic E-state index is 12.9. The summed E-state index contributed by atoms with van der Waals surface area (Å²) in [6.07, 6.45) is 1.70. The van der Waals surface area contributed by atoms with Crippen LogP contribution in [-0.2, 0) is 4.79 Å². The van der Waals surface area contributed by atoms with Gasteiger partial charge in [-0.25, -0.2) is 4.39 Å². The second-order valence-corrected chi connectivity index (χ2v) is 5.08. The molecule has 0 aliphatic carbocycles. The van der Waals surface area contributed by atoms with E-state index in [1.807, 2.05) is 0 Å². The number of thioether (sulfide) groups is 1. The van der Waals surface area contributed by atoms with Crippen LogP contribution in [0.4, 0.5) is 10.2 Å². The number of aromatic nitrogens is 2. The van der Waals surface area contributed by atoms with Crippen LogP contribution < -0.4 is 5.32 Å². The molecule has 0 fully saturated rings. The first-order chi connectivity index (χ1) is 8.74. The van der Waals surface area contributed by atoms with Crippen LogP contribution in [0, 0.1) is 5.82 Å². The summed E-state index contributed by atoms with van der Waals surface area (Å²) in [5.41, 5.74) is 1.87. The lowest BCUT2D eigenvalue weighted by atomic mass is 10.1. The molecule has 1 aromatic heterocycles. The Bertz CT molecular complexity index is 581. The number of fused-ring (bicyclic) bond motifs is 1. The second kappa shape index (κ2) is 4.45. The summed E-state index contributed by atoms with van der Waals surface area (Å²) in [5.74, 6) is 0.665. The molecular weight excluding hydrogens is 253 g/mol. The summed E-state index contributed by atoms with van der Waals surface area (Å²) in [6.45, 7) is 0. The average Bonchev–Trinajstić information content (AvgIpc) is 2.74. The average molecular weight is 263 g/mol. The van der Waals surface area contributed by atoms with E-state index < -0.39 is 0 Å². The summed E-state index contributed by atoms with van der Waals surface area (Å²) >= 11 is 1.50. The Balaban J connectivity index is 2.02. The molecule has 1 atom stereocenters. The third-order valence-electron chi connectivity index (χ3n) is 2.77. The van der Waals surface area contributed by atoms with Gasteiger partial charge in [-0.2, -0.15) is 5.10 Å². The number of nitrogens with one attached hydrogen (secondary N) is 2. The zero-order chi connectivity index (χ0) is 12.5. The molecule has 0 saturated heterocycles. The summed E-state index contributed by atoms with van der Waals surface area (Å²) in [6, 6.07) is 6.32. The Morgan fingerprint density at radius 1 is 1.33 bits per heavy atom. The van der Waals surface area contributed by atoms with E-state index in [-0.39, 0.29) is 17.0 Å². The molecule has 0 radical (unpaired) electrons. The zero-order valence-electron chi connectivity index (χ0n) is 9.31. The third-order valence-corrected chi connectivity index (χ3v) is 4.06. The topological polar surface area (TPSA) is 57.8 Å². The molecule has 0 spiro atoms. The van der Waals surface area contributed by atoms with Gasteiger partial charge in [0.05, 0.1) is 17.2 Å². The predicted octanol–water partition coefficient (Wildman–Crippen LogP) is 2.32. The fourth-order valence-corrected chi connectivity index (χ4v) is 3.03. The third kappa shape index (κ3) is 1.99. The number of benzene rings is 1. The number of amides is 1. The molecule has 1 aromatic carbocycles. The van der Waals surface area contributed by atoms with Gasteiger partial charge in [-0.05, 0) is 17.7 Å². The number of halogens is 1. The fraction of sp³-hybridized carbons (Fsp3) is 0.167. The number of rotatable bonds is 1. The van der Waals surface area contributed by atoms with Gasteiger partial charge < -0.3 is 5.32 Å². The molecule has 0 saturated carbocycles. The smallest absolute Gasteiger partial charge is 0.235 e. The van der Waals surface area contributed by atoms with Crippen molar-refractivity contribution in [2.24, 2.45) is 0 Å². The van der Waals surface area contributed by atoms with Crippen LogP contribution in [0.15, 0.2) is 30.5 Å². The van der Waals surface area contributed by atoms with E-state index >= 15 is 0 Å². The summed E-state index contributed by atoms with van der Waals surface area (Å²) in [7, 11) is 0. The molecule has 4 nitrogen and oxygen atoms in total. The van der Waals surface area contributed by atoms with Crippen molar-refractivity contribution in [1.29, 1.82) is 0 Å². The maximum absolute atomic E-state index is 12.9. The van der Waals surface area contributed by atoms with Crippen molar-refractivity contribution in [3.63, 3.8) is 0 Å². The van der Waals surface area contributed by atoms with E-state index in [0.717, 1.165) is 11.1 Å². The molecule has 1 amide bonds. The predicted molar refractivity (Wildman–Crippen MR) is 67.9 cm³/mol. The van der Waals surface area contributed by atoms with E-state index in [9.17, 15) is 9.18 Å². The van der Waals surface area contributed by atoms with Crippen LogP contribution in [0.1, 0.15) is 16.4 Å². The number of carbonyl (C=O) groups excluding carboxylic acids is 1. The van der Waals surface area contributed by atoms with E-state index in [1.165, 1.54) is 23.9 Å². The lowest BCUT2D eigenvalue weighted by molar-refractivity contribution is -0.113. The molecule has 3 rings (SSSR count). The number of H-pyrrole nitrogens is 1. The van der Waals surface area contributed by atoms with E-state index in [4.69, 9.17) is 0 Å².